The van der Waals surface area contributed by atoms with E-state index in [1.807, 2.05) is 0 Å². The molecular formula is C21H23ClN2O6S. The summed E-state index contributed by atoms with van der Waals surface area (Å²) in [6.45, 7) is 3.42. The molecule has 0 bridgehead atoms. The molecule has 1 atom stereocenters. The molecule has 0 N–H and O–H groups in total. The van der Waals surface area contributed by atoms with Gasteiger partial charge >= 0.3 is 0 Å². The van der Waals surface area contributed by atoms with E-state index >= 15 is 0 Å². The zero-order chi connectivity index (χ0) is 22.0. The quantitative estimate of drug-likeness (QED) is 0.672. The van der Waals surface area contributed by atoms with Crippen LogP contribution in [-0.2, 0) is 14.8 Å². The zero-order valence-corrected chi connectivity index (χ0v) is 18.6. The Morgan fingerprint density at radius 1 is 1.03 bits per heavy atom. The number of ether oxygens (including phenoxy) is 3. The van der Waals surface area contributed by atoms with Gasteiger partial charge in [0.25, 0.3) is 5.91 Å². The molecule has 0 spiro atoms. The lowest BCUT2D eigenvalue weighted by atomic mass is 10.2. The number of rotatable bonds is 5. The minimum atomic E-state index is -3.71. The van der Waals surface area contributed by atoms with Crippen LogP contribution in [0, 0.1) is 0 Å². The Bertz CT molecular complexity index is 1070. The Balaban J connectivity index is 1.38. The SMILES string of the molecule is CC(Oc1ccccc1Cl)C(=O)N1CCN(S(=O)(=O)c2ccc3c(c2)OCCO3)CC1. The third-order valence-corrected chi connectivity index (χ3v) is 7.40. The number of fused-ring (bicyclic) bond motifs is 1. The molecule has 1 saturated heterocycles. The third kappa shape index (κ3) is 4.58. The van der Waals surface area contributed by atoms with E-state index < -0.39 is 16.1 Å². The number of sulfonamides is 1. The molecule has 0 aromatic heterocycles. The van der Waals surface area contributed by atoms with Gasteiger partial charge in [0, 0.05) is 32.2 Å². The van der Waals surface area contributed by atoms with Crippen LogP contribution in [-0.4, -0.2) is 69.0 Å². The molecule has 0 saturated carbocycles. The minimum absolute atomic E-state index is 0.145. The lowest BCUT2D eigenvalue weighted by molar-refractivity contribution is -0.139. The van der Waals surface area contributed by atoms with E-state index in [2.05, 4.69) is 0 Å². The second-order valence-corrected chi connectivity index (χ2v) is 9.57. The molecule has 0 radical (unpaired) electrons. The van der Waals surface area contributed by atoms with Gasteiger partial charge in [-0.05, 0) is 31.2 Å². The predicted octanol–water partition coefficient (Wildman–Crippen LogP) is 2.41. The second-order valence-electron chi connectivity index (χ2n) is 7.23. The van der Waals surface area contributed by atoms with E-state index in [1.165, 1.54) is 16.4 Å². The largest absolute Gasteiger partial charge is 0.486 e. The summed E-state index contributed by atoms with van der Waals surface area (Å²) in [5.74, 6) is 1.18. The Morgan fingerprint density at radius 2 is 1.71 bits per heavy atom. The Morgan fingerprint density at radius 3 is 2.42 bits per heavy atom. The minimum Gasteiger partial charge on any atom is -0.486 e. The van der Waals surface area contributed by atoms with Crippen molar-refractivity contribution < 1.29 is 27.4 Å². The summed E-state index contributed by atoms with van der Waals surface area (Å²) in [7, 11) is -3.71. The summed E-state index contributed by atoms with van der Waals surface area (Å²) in [4.78, 5) is 14.5. The molecule has 2 aliphatic rings. The maximum atomic E-state index is 13.0. The summed E-state index contributed by atoms with van der Waals surface area (Å²) in [5.41, 5.74) is 0. The highest BCUT2D eigenvalue weighted by Crippen LogP contribution is 2.33. The number of nitrogens with zero attached hydrogens (tertiary/aromatic N) is 2. The predicted molar refractivity (Wildman–Crippen MR) is 114 cm³/mol. The zero-order valence-electron chi connectivity index (χ0n) is 17.0. The van der Waals surface area contributed by atoms with E-state index in [0.717, 1.165) is 0 Å². The van der Waals surface area contributed by atoms with Crippen LogP contribution in [0.2, 0.25) is 5.02 Å². The van der Waals surface area contributed by atoms with Crippen LogP contribution in [0.4, 0.5) is 0 Å². The first-order valence-corrected chi connectivity index (χ1v) is 11.8. The number of carbonyl (C=O) groups excluding carboxylic acids is 1. The number of amides is 1. The molecule has 1 amide bonds. The van der Waals surface area contributed by atoms with Crippen LogP contribution in [0.25, 0.3) is 0 Å². The van der Waals surface area contributed by atoms with Gasteiger partial charge < -0.3 is 19.1 Å². The van der Waals surface area contributed by atoms with Crippen LogP contribution in [0.5, 0.6) is 17.2 Å². The highest BCUT2D eigenvalue weighted by molar-refractivity contribution is 7.89. The molecule has 2 aromatic rings. The molecule has 8 nitrogen and oxygen atoms in total. The van der Waals surface area contributed by atoms with Crippen molar-refractivity contribution in [3.8, 4) is 17.2 Å². The fourth-order valence-corrected chi connectivity index (χ4v) is 5.14. The monoisotopic (exact) mass is 466 g/mol. The third-order valence-electron chi connectivity index (χ3n) is 5.19. The summed E-state index contributed by atoms with van der Waals surface area (Å²) < 4.78 is 44.1. The van der Waals surface area contributed by atoms with Crippen molar-refractivity contribution in [2.45, 2.75) is 17.9 Å². The van der Waals surface area contributed by atoms with Crippen molar-refractivity contribution in [1.82, 2.24) is 9.21 Å². The molecule has 2 heterocycles. The van der Waals surface area contributed by atoms with E-state index in [4.69, 9.17) is 25.8 Å². The van der Waals surface area contributed by atoms with Crippen LogP contribution in [0.1, 0.15) is 6.92 Å². The highest BCUT2D eigenvalue weighted by atomic mass is 35.5. The molecule has 1 unspecified atom stereocenters. The Kier molecular flexibility index (Phi) is 6.27. The second kappa shape index (κ2) is 8.94. The van der Waals surface area contributed by atoms with Crippen molar-refractivity contribution in [3.63, 3.8) is 0 Å². The molecule has 4 rings (SSSR count). The number of benzene rings is 2. The summed E-state index contributed by atoms with van der Waals surface area (Å²) >= 11 is 6.09. The van der Waals surface area contributed by atoms with E-state index in [0.29, 0.717) is 35.5 Å². The van der Waals surface area contributed by atoms with Crippen molar-refractivity contribution in [2.24, 2.45) is 0 Å². The lowest BCUT2D eigenvalue weighted by Crippen LogP contribution is -2.53. The maximum Gasteiger partial charge on any atom is 0.263 e. The molecule has 2 aromatic carbocycles. The van der Waals surface area contributed by atoms with Crippen molar-refractivity contribution in [1.29, 1.82) is 0 Å². The van der Waals surface area contributed by atoms with Gasteiger partial charge in [-0.15, -0.1) is 0 Å². The van der Waals surface area contributed by atoms with Crippen molar-refractivity contribution in [2.75, 3.05) is 39.4 Å². The standard InChI is InChI=1S/C21H23ClN2O6S/c1-15(30-18-5-3-2-4-17(18)22)21(25)23-8-10-24(11-9-23)31(26,27)16-6-7-19-20(14-16)29-13-12-28-19/h2-7,14-15H,8-13H2,1H3. The summed E-state index contributed by atoms with van der Waals surface area (Å²) in [6.07, 6.45) is -0.735. The molecule has 2 aliphatic heterocycles. The fraction of sp³-hybridized carbons (Fsp3) is 0.381. The van der Waals surface area contributed by atoms with Gasteiger partial charge in [-0.25, -0.2) is 8.42 Å². The van der Waals surface area contributed by atoms with E-state index in [9.17, 15) is 13.2 Å². The molecule has 31 heavy (non-hydrogen) atoms. The number of para-hydroxylation sites is 1. The molecular weight excluding hydrogens is 444 g/mol. The summed E-state index contributed by atoms with van der Waals surface area (Å²) in [6, 6.07) is 11.6. The molecule has 10 heteroatoms. The van der Waals surface area contributed by atoms with Gasteiger partial charge in [0.05, 0.1) is 9.92 Å². The lowest BCUT2D eigenvalue weighted by Gasteiger charge is -2.35. The average Bonchev–Trinajstić information content (AvgIpc) is 2.79. The van der Waals surface area contributed by atoms with Gasteiger partial charge in [-0.3, -0.25) is 4.79 Å². The van der Waals surface area contributed by atoms with Gasteiger partial charge in [0.2, 0.25) is 10.0 Å². The van der Waals surface area contributed by atoms with Gasteiger partial charge in [0.15, 0.2) is 17.6 Å². The number of carbonyl (C=O) groups is 1. The number of hydrogen-bond acceptors (Lipinski definition) is 6. The number of piperazine rings is 1. The van der Waals surface area contributed by atoms with Crippen LogP contribution in [0.3, 0.4) is 0 Å². The van der Waals surface area contributed by atoms with Crippen LogP contribution in [0.15, 0.2) is 47.4 Å². The smallest absolute Gasteiger partial charge is 0.263 e. The summed E-state index contributed by atoms with van der Waals surface area (Å²) in [5, 5.41) is 0.428. The van der Waals surface area contributed by atoms with Crippen molar-refractivity contribution in [3.05, 3.63) is 47.5 Å². The highest BCUT2D eigenvalue weighted by Gasteiger charge is 2.33. The average molecular weight is 467 g/mol. The first-order chi connectivity index (χ1) is 14.9. The van der Waals surface area contributed by atoms with Gasteiger partial charge in [-0.2, -0.15) is 4.31 Å². The topological polar surface area (TPSA) is 85.4 Å². The fourth-order valence-electron chi connectivity index (χ4n) is 3.52. The first-order valence-electron chi connectivity index (χ1n) is 9.96. The first kappa shape index (κ1) is 21.7. The number of hydrogen-bond donors (Lipinski definition) is 0. The van der Waals surface area contributed by atoms with Gasteiger partial charge in [-0.1, -0.05) is 23.7 Å². The Hall–Kier alpha value is -2.49. The van der Waals surface area contributed by atoms with Crippen LogP contribution < -0.4 is 14.2 Å². The maximum absolute atomic E-state index is 13.0. The normalized spacial score (nSPS) is 17.8. The van der Waals surface area contributed by atoms with Crippen molar-refractivity contribution >= 4 is 27.5 Å². The van der Waals surface area contributed by atoms with Gasteiger partial charge in [0.1, 0.15) is 19.0 Å². The number of halogens is 1. The van der Waals surface area contributed by atoms with Crippen LogP contribution >= 0.6 is 11.6 Å². The van der Waals surface area contributed by atoms with E-state index in [1.54, 1.807) is 42.2 Å². The molecule has 166 valence electrons. The Labute approximate surface area is 186 Å². The van der Waals surface area contributed by atoms with E-state index in [-0.39, 0.29) is 37.0 Å². The molecule has 1 fully saturated rings. The molecule has 0 aliphatic carbocycles.